The van der Waals surface area contributed by atoms with E-state index in [9.17, 15) is 0 Å². The van der Waals surface area contributed by atoms with Crippen LogP contribution in [0, 0.1) is 0 Å². The van der Waals surface area contributed by atoms with Gasteiger partial charge in [-0.05, 0) is 50.8 Å². The van der Waals surface area contributed by atoms with Crippen molar-refractivity contribution in [2.75, 3.05) is 0 Å². The number of hydrogen-bond donors (Lipinski definition) is 0. The molecule has 0 spiro atoms. The smallest absolute Gasteiger partial charge is 0.260 e. The lowest BCUT2D eigenvalue weighted by atomic mass is 9.35. The summed E-state index contributed by atoms with van der Waals surface area (Å²) in [5, 5.41) is 6.66. The lowest BCUT2D eigenvalue weighted by Gasteiger charge is -2.33. The minimum Gasteiger partial charge on any atom is -0.458 e. The largest absolute Gasteiger partial charge is 0.458 e. The summed E-state index contributed by atoms with van der Waals surface area (Å²) in [5.74, 6) is 3.48. The van der Waals surface area contributed by atoms with Gasteiger partial charge in [0.15, 0.2) is 0 Å². The average molecular weight is 632 g/mol. The molecule has 0 bridgehead atoms. The summed E-state index contributed by atoms with van der Waals surface area (Å²) in [5.41, 5.74) is 6.77. The highest BCUT2D eigenvalue weighted by molar-refractivity contribution is 7.10. The number of rotatable bonds is 4. The molecule has 0 saturated carbocycles. The molecular weight excluding hydrogens is 601 g/mol. The molecule has 1 aromatic heterocycles. The third kappa shape index (κ3) is 3.88. The molecule has 0 saturated heterocycles. The lowest BCUT2D eigenvalue weighted by molar-refractivity contribution is 0.464. The summed E-state index contributed by atoms with van der Waals surface area (Å²) in [6, 6.07) is 59.2. The molecule has 0 atom stereocenters. The van der Waals surface area contributed by atoms with Gasteiger partial charge in [-0.2, -0.15) is 0 Å². The Morgan fingerprint density at radius 3 is 1.60 bits per heavy atom. The molecule has 48 heavy (non-hydrogen) atoms. The van der Waals surface area contributed by atoms with Crippen LogP contribution in [-0.2, 0) is 0 Å². The predicted octanol–water partition coefficient (Wildman–Crippen LogP) is 6.61. The van der Waals surface area contributed by atoms with Crippen LogP contribution in [0.1, 0.15) is 0 Å². The molecular formula is C43H30BNO2Si. The molecule has 3 nitrogen and oxygen atoms in total. The van der Waals surface area contributed by atoms with Crippen LogP contribution in [0.4, 0.5) is 0 Å². The maximum absolute atomic E-state index is 6.68. The van der Waals surface area contributed by atoms with Crippen LogP contribution in [0.3, 0.4) is 0 Å². The Bertz CT molecular complexity index is 2430. The molecule has 5 heteroatoms. The number of nitrogens with zero attached hydrogens (tertiary/aromatic N) is 1. The highest BCUT2D eigenvalue weighted by Crippen LogP contribution is 2.39. The van der Waals surface area contributed by atoms with Crippen molar-refractivity contribution in [3.05, 3.63) is 164 Å². The summed E-state index contributed by atoms with van der Waals surface area (Å²) in [6.45, 7) is 2.53. The Labute approximate surface area is 280 Å². The van der Waals surface area contributed by atoms with E-state index >= 15 is 0 Å². The number of benzene rings is 7. The Morgan fingerprint density at radius 1 is 0.458 bits per heavy atom. The first-order valence-corrected chi connectivity index (χ1v) is 19.0. The molecule has 10 rings (SSSR count). The van der Waals surface area contributed by atoms with E-state index in [-0.39, 0.29) is 6.71 Å². The SMILES string of the molecule is C[Si](c1ccccc1)(c1ccccc1)c1ccc2c(c1)c1ccccc1n2-c1cc2c3c(c1)Oc1ccccc1B3c1ccccc1O2. The molecule has 226 valence electrons. The number of para-hydroxylation sites is 3. The molecule has 7 aromatic carbocycles. The van der Waals surface area contributed by atoms with Crippen molar-refractivity contribution < 1.29 is 9.47 Å². The van der Waals surface area contributed by atoms with Gasteiger partial charge in [0.25, 0.3) is 6.71 Å². The monoisotopic (exact) mass is 631 g/mol. The summed E-state index contributed by atoms with van der Waals surface area (Å²) >= 11 is 0. The maximum atomic E-state index is 6.68. The van der Waals surface area contributed by atoms with E-state index in [1.165, 1.54) is 37.3 Å². The first kappa shape index (κ1) is 27.3. The lowest BCUT2D eigenvalue weighted by Crippen LogP contribution is -2.64. The van der Waals surface area contributed by atoms with Crippen LogP contribution < -0.4 is 41.4 Å². The van der Waals surface area contributed by atoms with E-state index in [1.54, 1.807) is 0 Å². The topological polar surface area (TPSA) is 23.4 Å². The molecule has 0 fully saturated rings. The third-order valence-corrected chi connectivity index (χ3v) is 14.9. The van der Waals surface area contributed by atoms with Gasteiger partial charge in [0.1, 0.15) is 31.1 Å². The number of aromatic nitrogens is 1. The summed E-state index contributed by atoms with van der Waals surface area (Å²) in [6.07, 6.45) is 0. The first-order valence-electron chi connectivity index (χ1n) is 16.5. The number of hydrogen-bond acceptors (Lipinski definition) is 2. The Kier molecular flexibility index (Phi) is 5.90. The molecule has 0 N–H and O–H groups in total. The highest BCUT2D eigenvalue weighted by atomic mass is 28.3. The van der Waals surface area contributed by atoms with E-state index in [2.05, 4.69) is 163 Å². The first-order chi connectivity index (χ1) is 23.7. The Morgan fingerprint density at radius 2 is 0.979 bits per heavy atom. The van der Waals surface area contributed by atoms with Crippen LogP contribution in [0.5, 0.6) is 23.0 Å². The van der Waals surface area contributed by atoms with Gasteiger partial charge in [0, 0.05) is 28.4 Å². The minimum atomic E-state index is -2.30. The zero-order valence-electron chi connectivity index (χ0n) is 26.4. The second-order valence-electron chi connectivity index (χ2n) is 13.0. The van der Waals surface area contributed by atoms with Crippen molar-refractivity contribution in [1.29, 1.82) is 0 Å². The standard InChI is InChI=1S/C43H30BNO2Si/c1-48(30-14-4-2-5-15-30,31-16-6-3-7-17-31)32-24-25-38-34(28-32)33-18-8-11-21-37(33)45(38)29-26-41-43-42(27-29)47-40-23-13-10-20-36(40)44(43)35-19-9-12-22-39(35)46-41/h2-28H,1H3. The number of fused-ring (bicyclic) bond motifs is 7. The van der Waals surface area contributed by atoms with Crippen molar-refractivity contribution in [2.24, 2.45) is 0 Å². The van der Waals surface area contributed by atoms with Gasteiger partial charge in [-0.15, -0.1) is 0 Å². The van der Waals surface area contributed by atoms with E-state index in [4.69, 9.17) is 9.47 Å². The molecule has 8 aromatic rings. The van der Waals surface area contributed by atoms with Crippen molar-refractivity contribution >= 4 is 68.5 Å². The van der Waals surface area contributed by atoms with Gasteiger partial charge >= 0.3 is 0 Å². The Hall–Kier alpha value is -5.78. The summed E-state index contributed by atoms with van der Waals surface area (Å²) in [7, 11) is -2.30. The van der Waals surface area contributed by atoms with E-state index in [0.29, 0.717) is 0 Å². The molecule has 0 unspecified atom stereocenters. The van der Waals surface area contributed by atoms with Crippen LogP contribution in [0.2, 0.25) is 6.55 Å². The van der Waals surface area contributed by atoms with Gasteiger partial charge < -0.3 is 14.0 Å². The maximum Gasteiger partial charge on any atom is 0.260 e. The highest BCUT2D eigenvalue weighted by Gasteiger charge is 2.40. The summed E-state index contributed by atoms with van der Waals surface area (Å²) in [4.78, 5) is 0. The van der Waals surface area contributed by atoms with Crippen molar-refractivity contribution in [2.45, 2.75) is 6.55 Å². The van der Waals surface area contributed by atoms with Gasteiger partial charge in [-0.25, -0.2) is 0 Å². The van der Waals surface area contributed by atoms with Gasteiger partial charge in [-0.1, -0.05) is 134 Å². The van der Waals surface area contributed by atoms with E-state index in [0.717, 1.165) is 45.2 Å². The van der Waals surface area contributed by atoms with Gasteiger partial charge in [0.05, 0.1) is 16.7 Å². The molecule has 2 aliphatic rings. The normalized spacial score (nSPS) is 13.0. The van der Waals surface area contributed by atoms with Crippen molar-refractivity contribution in [3.8, 4) is 28.7 Å². The minimum absolute atomic E-state index is 0.0540. The second-order valence-corrected chi connectivity index (χ2v) is 17.0. The van der Waals surface area contributed by atoms with Crippen molar-refractivity contribution in [3.63, 3.8) is 0 Å². The predicted molar refractivity (Wildman–Crippen MR) is 202 cm³/mol. The summed E-state index contributed by atoms with van der Waals surface area (Å²) < 4.78 is 15.7. The zero-order chi connectivity index (χ0) is 31.8. The molecule has 0 aliphatic carbocycles. The van der Waals surface area contributed by atoms with Gasteiger partial charge in [0.2, 0.25) is 0 Å². The quantitative estimate of drug-likeness (QED) is 0.161. The van der Waals surface area contributed by atoms with Crippen LogP contribution in [-0.4, -0.2) is 19.4 Å². The number of ether oxygens (including phenoxy) is 2. The molecule has 3 heterocycles. The Balaban J connectivity index is 1.20. The fourth-order valence-electron chi connectivity index (χ4n) is 8.11. The van der Waals surface area contributed by atoms with Crippen LogP contribution in [0.25, 0.3) is 27.5 Å². The van der Waals surface area contributed by atoms with Crippen molar-refractivity contribution in [1.82, 2.24) is 4.57 Å². The average Bonchev–Trinajstić information content (AvgIpc) is 3.48. The van der Waals surface area contributed by atoms with Crippen LogP contribution >= 0.6 is 0 Å². The molecule has 0 radical (unpaired) electrons. The second kappa shape index (κ2) is 10.4. The zero-order valence-corrected chi connectivity index (χ0v) is 27.4. The van der Waals surface area contributed by atoms with Gasteiger partial charge in [-0.3, -0.25) is 0 Å². The van der Waals surface area contributed by atoms with E-state index in [1.807, 2.05) is 12.1 Å². The van der Waals surface area contributed by atoms with E-state index < -0.39 is 8.07 Å². The third-order valence-electron chi connectivity index (χ3n) is 10.5. The molecule has 0 amide bonds. The van der Waals surface area contributed by atoms with Crippen LogP contribution in [0.15, 0.2) is 164 Å². The fourth-order valence-corrected chi connectivity index (χ4v) is 11.7. The molecule has 2 aliphatic heterocycles. The fraction of sp³-hybridized carbons (Fsp3) is 0.0233.